The van der Waals surface area contributed by atoms with Gasteiger partial charge in [-0.25, -0.2) is 0 Å². The third kappa shape index (κ3) is 2.49. The molecule has 0 saturated heterocycles. The summed E-state index contributed by atoms with van der Waals surface area (Å²) in [6, 6.07) is 22.1. The summed E-state index contributed by atoms with van der Waals surface area (Å²) in [5.41, 5.74) is 3.74. The second-order valence-electron chi connectivity index (χ2n) is 7.18. The SMILES string of the molecule is Cn1c(C(=O)N2CCn3cccc3C2c2ccccc2)c(Cl)c2ccccc21. The Balaban J connectivity index is 1.65. The fraction of sp³-hybridized carbons (Fsp3) is 0.174. The number of hydrogen-bond donors (Lipinski definition) is 0. The fourth-order valence-corrected chi connectivity index (χ4v) is 4.68. The van der Waals surface area contributed by atoms with Crippen molar-refractivity contribution in [3.8, 4) is 0 Å². The van der Waals surface area contributed by atoms with E-state index in [0.717, 1.165) is 28.7 Å². The van der Waals surface area contributed by atoms with Crippen molar-refractivity contribution in [2.45, 2.75) is 12.6 Å². The molecular weight excluding hydrogens is 370 g/mol. The van der Waals surface area contributed by atoms with Gasteiger partial charge < -0.3 is 14.0 Å². The van der Waals surface area contributed by atoms with Gasteiger partial charge in [0.1, 0.15) is 5.69 Å². The van der Waals surface area contributed by atoms with Crippen LogP contribution in [0, 0.1) is 0 Å². The highest BCUT2D eigenvalue weighted by atomic mass is 35.5. The zero-order valence-electron chi connectivity index (χ0n) is 15.5. The van der Waals surface area contributed by atoms with E-state index in [1.165, 1.54) is 0 Å². The minimum atomic E-state index is -0.133. The van der Waals surface area contributed by atoms with Crippen molar-refractivity contribution in [3.05, 3.63) is 94.9 Å². The third-order valence-electron chi connectivity index (χ3n) is 5.66. The van der Waals surface area contributed by atoms with E-state index >= 15 is 0 Å². The van der Waals surface area contributed by atoms with Crippen molar-refractivity contribution in [1.82, 2.24) is 14.0 Å². The van der Waals surface area contributed by atoms with Gasteiger partial charge in [-0.3, -0.25) is 4.79 Å². The van der Waals surface area contributed by atoms with Crippen LogP contribution in [0.15, 0.2) is 72.9 Å². The number of benzene rings is 2. The summed E-state index contributed by atoms with van der Waals surface area (Å²) in [6.45, 7) is 1.41. The highest BCUT2D eigenvalue weighted by Gasteiger charge is 2.35. The molecule has 5 heteroatoms. The predicted octanol–water partition coefficient (Wildman–Crippen LogP) is 4.88. The summed E-state index contributed by atoms with van der Waals surface area (Å²) in [4.78, 5) is 15.7. The molecule has 1 atom stereocenters. The summed E-state index contributed by atoms with van der Waals surface area (Å²) >= 11 is 6.68. The molecule has 4 aromatic rings. The number of nitrogens with zero attached hydrogens (tertiary/aromatic N) is 3. The highest BCUT2D eigenvalue weighted by Crippen LogP contribution is 2.36. The lowest BCUT2D eigenvalue weighted by Crippen LogP contribution is -2.43. The van der Waals surface area contributed by atoms with E-state index in [2.05, 4.69) is 29.0 Å². The number of aromatic nitrogens is 2. The van der Waals surface area contributed by atoms with E-state index in [4.69, 9.17) is 11.6 Å². The summed E-state index contributed by atoms with van der Waals surface area (Å²) in [7, 11) is 1.91. The molecule has 2 aromatic carbocycles. The second kappa shape index (κ2) is 6.57. The first-order chi connectivity index (χ1) is 13.7. The maximum atomic E-state index is 13.7. The van der Waals surface area contributed by atoms with E-state index in [9.17, 15) is 4.79 Å². The van der Waals surface area contributed by atoms with Crippen molar-refractivity contribution in [1.29, 1.82) is 0 Å². The number of hydrogen-bond acceptors (Lipinski definition) is 1. The quantitative estimate of drug-likeness (QED) is 0.480. The van der Waals surface area contributed by atoms with Crippen LogP contribution in [0.3, 0.4) is 0 Å². The van der Waals surface area contributed by atoms with E-state index in [0.29, 0.717) is 17.3 Å². The Kier molecular flexibility index (Phi) is 4.02. The number of amides is 1. The lowest BCUT2D eigenvalue weighted by molar-refractivity contribution is 0.0655. The number of halogens is 1. The number of rotatable bonds is 2. The Bertz CT molecular complexity index is 1140. The zero-order chi connectivity index (χ0) is 19.3. The molecule has 0 bridgehead atoms. The lowest BCUT2D eigenvalue weighted by Gasteiger charge is -2.37. The van der Waals surface area contributed by atoms with Gasteiger partial charge in [-0.1, -0.05) is 60.1 Å². The number of carbonyl (C=O) groups excluding carboxylic acids is 1. The van der Waals surface area contributed by atoms with Gasteiger partial charge in [0.05, 0.1) is 11.1 Å². The van der Waals surface area contributed by atoms with Gasteiger partial charge >= 0.3 is 0 Å². The monoisotopic (exact) mass is 389 g/mol. The molecule has 0 N–H and O–H groups in total. The normalized spacial score (nSPS) is 16.4. The third-order valence-corrected chi connectivity index (χ3v) is 6.04. The Morgan fingerprint density at radius 3 is 2.50 bits per heavy atom. The fourth-order valence-electron chi connectivity index (χ4n) is 4.31. The smallest absolute Gasteiger partial charge is 0.272 e. The first kappa shape index (κ1) is 17.1. The Morgan fingerprint density at radius 2 is 1.71 bits per heavy atom. The predicted molar refractivity (Wildman–Crippen MR) is 112 cm³/mol. The van der Waals surface area contributed by atoms with E-state index in [-0.39, 0.29) is 11.9 Å². The van der Waals surface area contributed by atoms with Gasteiger partial charge in [0.25, 0.3) is 5.91 Å². The topological polar surface area (TPSA) is 30.2 Å². The molecule has 0 aliphatic carbocycles. The molecule has 2 aromatic heterocycles. The van der Waals surface area contributed by atoms with Crippen LogP contribution in [0.25, 0.3) is 10.9 Å². The number of carbonyl (C=O) groups is 1. The van der Waals surface area contributed by atoms with Crippen molar-refractivity contribution < 1.29 is 4.79 Å². The Morgan fingerprint density at radius 1 is 0.964 bits per heavy atom. The van der Waals surface area contributed by atoms with E-state index in [1.807, 2.05) is 65.0 Å². The Hall–Kier alpha value is -2.98. The molecule has 1 aliphatic rings. The summed E-state index contributed by atoms with van der Waals surface area (Å²) < 4.78 is 4.14. The second-order valence-corrected chi connectivity index (χ2v) is 7.55. The molecular formula is C23H20ClN3O. The molecule has 0 fully saturated rings. The van der Waals surface area contributed by atoms with Gasteiger partial charge in [0.15, 0.2) is 0 Å². The number of para-hydroxylation sites is 1. The maximum absolute atomic E-state index is 13.7. The van der Waals surface area contributed by atoms with Crippen LogP contribution in [-0.2, 0) is 13.6 Å². The molecule has 0 spiro atoms. The van der Waals surface area contributed by atoms with Crippen LogP contribution in [-0.4, -0.2) is 26.5 Å². The van der Waals surface area contributed by atoms with Crippen molar-refractivity contribution in [3.63, 3.8) is 0 Å². The van der Waals surface area contributed by atoms with Crippen LogP contribution >= 0.6 is 11.6 Å². The minimum absolute atomic E-state index is 0.0370. The molecule has 28 heavy (non-hydrogen) atoms. The van der Waals surface area contributed by atoms with Crippen LogP contribution in [0.4, 0.5) is 0 Å². The van der Waals surface area contributed by atoms with Crippen LogP contribution in [0.2, 0.25) is 5.02 Å². The number of aryl methyl sites for hydroxylation is 1. The maximum Gasteiger partial charge on any atom is 0.272 e. The molecule has 140 valence electrons. The first-order valence-corrected chi connectivity index (χ1v) is 9.78. The zero-order valence-corrected chi connectivity index (χ0v) is 16.3. The summed E-state index contributed by atoms with van der Waals surface area (Å²) in [5, 5.41) is 1.43. The molecule has 1 aliphatic heterocycles. The van der Waals surface area contributed by atoms with Crippen molar-refractivity contribution >= 4 is 28.4 Å². The highest BCUT2D eigenvalue weighted by molar-refractivity contribution is 6.38. The van der Waals surface area contributed by atoms with Crippen molar-refractivity contribution in [2.24, 2.45) is 7.05 Å². The number of fused-ring (bicyclic) bond motifs is 2. The molecule has 0 radical (unpaired) electrons. The average molecular weight is 390 g/mol. The van der Waals surface area contributed by atoms with Gasteiger partial charge in [0, 0.05) is 42.9 Å². The van der Waals surface area contributed by atoms with Gasteiger partial charge in [-0.15, -0.1) is 0 Å². The molecule has 4 nitrogen and oxygen atoms in total. The van der Waals surface area contributed by atoms with E-state index in [1.54, 1.807) is 0 Å². The van der Waals surface area contributed by atoms with Crippen molar-refractivity contribution in [2.75, 3.05) is 6.54 Å². The van der Waals surface area contributed by atoms with Crippen LogP contribution in [0.1, 0.15) is 27.8 Å². The standard InChI is InChI=1S/C23H20ClN3O/c1-25-18-11-6-5-10-17(18)20(24)22(25)23(28)27-15-14-26-13-7-12-19(26)21(27)16-8-3-2-4-9-16/h2-13,21H,14-15H2,1H3. The Labute approximate surface area is 168 Å². The largest absolute Gasteiger partial charge is 0.348 e. The molecule has 3 heterocycles. The molecule has 1 unspecified atom stereocenters. The van der Waals surface area contributed by atoms with Crippen LogP contribution in [0.5, 0.6) is 0 Å². The van der Waals surface area contributed by atoms with E-state index < -0.39 is 0 Å². The summed E-state index contributed by atoms with van der Waals surface area (Å²) in [5.74, 6) is -0.0370. The first-order valence-electron chi connectivity index (χ1n) is 9.40. The van der Waals surface area contributed by atoms with Gasteiger partial charge in [0.2, 0.25) is 0 Å². The molecule has 1 amide bonds. The molecule has 5 rings (SSSR count). The molecule has 0 saturated carbocycles. The summed E-state index contributed by atoms with van der Waals surface area (Å²) in [6.07, 6.45) is 2.08. The van der Waals surface area contributed by atoms with Gasteiger partial charge in [-0.2, -0.15) is 0 Å². The average Bonchev–Trinajstić information content (AvgIpc) is 3.31. The lowest BCUT2D eigenvalue weighted by atomic mass is 9.99. The van der Waals surface area contributed by atoms with Crippen LogP contribution < -0.4 is 0 Å². The minimum Gasteiger partial charge on any atom is -0.348 e. The van der Waals surface area contributed by atoms with Gasteiger partial charge in [-0.05, 0) is 23.8 Å².